The fourth-order valence-electron chi connectivity index (χ4n) is 0.700. The molecule has 0 rings (SSSR count). The molecular formula is C7H15NO. The Labute approximate surface area is 56.4 Å². The number of aliphatic hydroxyl groups excluding tert-OH is 1. The molecule has 0 aromatic carbocycles. The van der Waals surface area contributed by atoms with Gasteiger partial charge in [0.15, 0.2) is 0 Å². The first kappa shape index (κ1) is 8.66. The normalized spacial score (nSPS) is 11.6. The monoisotopic (exact) mass is 129 g/mol. The molecule has 0 bridgehead atoms. The van der Waals surface area contributed by atoms with Crippen molar-refractivity contribution in [2.45, 2.75) is 25.8 Å². The minimum Gasteiger partial charge on any atom is -0.392 e. The van der Waals surface area contributed by atoms with E-state index in [9.17, 15) is 0 Å². The van der Waals surface area contributed by atoms with Gasteiger partial charge in [-0.1, -0.05) is 12.2 Å². The van der Waals surface area contributed by atoms with E-state index in [-0.39, 0.29) is 12.1 Å². The van der Waals surface area contributed by atoms with E-state index in [2.05, 4.69) is 6.58 Å². The van der Waals surface area contributed by atoms with Gasteiger partial charge in [0.2, 0.25) is 0 Å². The van der Waals surface area contributed by atoms with Gasteiger partial charge >= 0.3 is 0 Å². The van der Waals surface area contributed by atoms with Crippen LogP contribution >= 0.6 is 0 Å². The Balaban J connectivity index is 3.60. The standard InChI is InChI=1S/C7H15NO/c1-6(5-9)4-7(2,3)8/h9H,1,4-5,8H2,2-3H3. The van der Waals surface area contributed by atoms with Crippen molar-refractivity contribution in [3.8, 4) is 0 Å². The van der Waals surface area contributed by atoms with E-state index in [1.165, 1.54) is 0 Å². The number of hydrogen-bond donors (Lipinski definition) is 2. The summed E-state index contributed by atoms with van der Waals surface area (Å²) in [5.74, 6) is 0. The van der Waals surface area contributed by atoms with Gasteiger partial charge in [-0.25, -0.2) is 0 Å². The zero-order valence-corrected chi connectivity index (χ0v) is 6.15. The summed E-state index contributed by atoms with van der Waals surface area (Å²) in [5.41, 5.74) is 6.20. The zero-order chi connectivity index (χ0) is 7.49. The molecule has 0 saturated heterocycles. The lowest BCUT2D eigenvalue weighted by atomic mass is 9.98. The van der Waals surface area contributed by atoms with E-state index in [1.807, 2.05) is 13.8 Å². The van der Waals surface area contributed by atoms with E-state index < -0.39 is 0 Å². The molecule has 0 aliphatic heterocycles. The van der Waals surface area contributed by atoms with Gasteiger partial charge in [-0.15, -0.1) is 0 Å². The van der Waals surface area contributed by atoms with Crippen LogP contribution in [0.25, 0.3) is 0 Å². The molecule has 0 atom stereocenters. The highest BCUT2D eigenvalue weighted by atomic mass is 16.3. The maximum absolute atomic E-state index is 8.54. The van der Waals surface area contributed by atoms with Crippen molar-refractivity contribution < 1.29 is 5.11 Å². The molecule has 0 heterocycles. The van der Waals surface area contributed by atoms with Crippen molar-refractivity contribution in [3.63, 3.8) is 0 Å². The van der Waals surface area contributed by atoms with Gasteiger partial charge in [-0.3, -0.25) is 0 Å². The second-order valence-electron chi connectivity index (χ2n) is 3.07. The van der Waals surface area contributed by atoms with Crippen LogP contribution in [0.15, 0.2) is 12.2 Å². The molecule has 2 nitrogen and oxygen atoms in total. The zero-order valence-electron chi connectivity index (χ0n) is 6.15. The highest BCUT2D eigenvalue weighted by Gasteiger charge is 2.10. The van der Waals surface area contributed by atoms with Gasteiger partial charge < -0.3 is 10.8 Å². The van der Waals surface area contributed by atoms with Crippen molar-refractivity contribution in [2.24, 2.45) is 5.73 Å². The fourth-order valence-corrected chi connectivity index (χ4v) is 0.700. The molecule has 0 unspecified atom stereocenters. The molecule has 0 fully saturated rings. The van der Waals surface area contributed by atoms with Gasteiger partial charge in [0.05, 0.1) is 6.61 Å². The largest absolute Gasteiger partial charge is 0.392 e. The predicted octanol–water partition coefficient (Wildman–Crippen LogP) is 0.662. The van der Waals surface area contributed by atoms with E-state index in [0.29, 0.717) is 6.42 Å². The quantitative estimate of drug-likeness (QED) is 0.550. The Hall–Kier alpha value is -0.340. The predicted molar refractivity (Wildman–Crippen MR) is 39.1 cm³/mol. The molecule has 0 amide bonds. The molecule has 9 heavy (non-hydrogen) atoms. The van der Waals surface area contributed by atoms with Gasteiger partial charge in [0.1, 0.15) is 0 Å². The van der Waals surface area contributed by atoms with Crippen molar-refractivity contribution in [1.29, 1.82) is 0 Å². The Morgan fingerprint density at radius 2 is 2.11 bits per heavy atom. The summed E-state index contributed by atoms with van der Waals surface area (Å²) in [7, 11) is 0. The molecule has 3 N–H and O–H groups in total. The van der Waals surface area contributed by atoms with Gasteiger partial charge in [0.25, 0.3) is 0 Å². The minimum absolute atomic E-state index is 0.0423. The average Bonchev–Trinajstić information content (AvgIpc) is 1.62. The third-order valence-corrected chi connectivity index (χ3v) is 0.929. The molecule has 0 radical (unpaired) electrons. The first-order valence-corrected chi connectivity index (χ1v) is 3.02. The van der Waals surface area contributed by atoms with Gasteiger partial charge in [-0.2, -0.15) is 0 Å². The Kier molecular flexibility index (Phi) is 2.88. The summed E-state index contributed by atoms with van der Waals surface area (Å²) in [4.78, 5) is 0. The summed E-state index contributed by atoms with van der Waals surface area (Å²) in [6, 6.07) is 0. The third kappa shape index (κ3) is 5.53. The highest BCUT2D eigenvalue weighted by molar-refractivity contribution is 4.99. The number of hydrogen-bond acceptors (Lipinski definition) is 2. The van der Waals surface area contributed by atoms with Crippen molar-refractivity contribution in [2.75, 3.05) is 6.61 Å². The van der Waals surface area contributed by atoms with E-state index >= 15 is 0 Å². The summed E-state index contributed by atoms with van der Waals surface area (Å²) < 4.78 is 0. The van der Waals surface area contributed by atoms with E-state index in [1.54, 1.807) is 0 Å². The van der Waals surface area contributed by atoms with Crippen LogP contribution in [0.2, 0.25) is 0 Å². The lowest BCUT2D eigenvalue weighted by Gasteiger charge is -2.18. The summed E-state index contributed by atoms with van der Waals surface area (Å²) in [5, 5.41) is 8.54. The molecule has 0 saturated carbocycles. The van der Waals surface area contributed by atoms with Gasteiger partial charge in [0, 0.05) is 5.54 Å². The van der Waals surface area contributed by atoms with E-state index in [0.717, 1.165) is 5.57 Å². The Morgan fingerprint density at radius 1 is 1.67 bits per heavy atom. The smallest absolute Gasteiger partial charge is 0.0639 e. The Bertz CT molecular complexity index is 102. The topological polar surface area (TPSA) is 46.2 Å². The first-order chi connectivity index (χ1) is 3.95. The lowest BCUT2D eigenvalue weighted by molar-refractivity contribution is 0.318. The van der Waals surface area contributed by atoms with Crippen LogP contribution in [0.1, 0.15) is 20.3 Å². The molecule has 0 aliphatic rings. The van der Waals surface area contributed by atoms with Crippen LogP contribution in [-0.4, -0.2) is 17.3 Å². The molecule has 0 spiro atoms. The first-order valence-electron chi connectivity index (χ1n) is 3.02. The van der Waals surface area contributed by atoms with Crippen molar-refractivity contribution >= 4 is 0 Å². The van der Waals surface area contributed by atoms with Crippen LogP contribution in [-0.2, 0) is 0 Å². The lowest BCUT2D eigenvalue weighted by Crippen LogP contribution is -2.32. The maximum atomic E-state index is 8.54. The highest BCUT2D eigenvalue weighted by Crippen LogP contribution is 2.09. The van der Waals surface area contributed by atoms with Crippen molar-refractivity contribution in [1.82, 2.24) is 0 Å². The SMILES string of the molecule is C=C(CO)CC(C)(C)N. The summed E-state index contributed by atoms with van der Waals surface area (Å²) in [6.45, 7) is 7.49. The van der Waals surface area contributed by atoms with Crippen LogP contribution in [0.3, 0.4) is 0 Å². The second kappa shape index (κ2) is 2.99. The molecule has 0 aromatic heterocycles. The van der Waals surface area contributed by atoms with Crippen LogP contribution in [0, 0.1) is 0 Å². The van der Waals surface area contributed by atoms with Gasteiger partial charge in [-0.05, 0) is 20.3 Å². The van der Waals surface area contributed by atoms with Crippen LogP contribution in [0.4, 0.5) is 0 Å². The van der Waals surface area contributed by atoms with E-state index in [4.69, 9.17) is 10.8 Å². The molecule has 0 aliphatic carbocycles. The van der Waals surface area contributed by atoms with Crippen molar-refractivity contribution in [3.05, 3.63) is 12.2 Å². The maximum Gasteiger partial charge on any atom is 0.0639 e. The Morgan fingerprint density at radius 3 is 2.22 bits per heavy atom. The molecule has 2 heteroatoms. The number of rotatable bonds is 3. The summed E-state index contributed by atoms with van der Waals surface area (Å²) in [6.07, 6.45) is 0.684. The summed E-state index contributed by atoms with van der Waals surface area (Å²) >= 11 is 0. The minimum atomic E-state index is -0.236. The number of aliphatic hydroxyl groups is 1. The van der Waals surface area contributed by atoms with Crippen LogP contribution in [0.5, 0.6) is 0 Å². The molecular weight excluding hydrogens is 114 g/mol. The molecule has 0 aromatic rings. The average molecular weight is 129 g/mol. The molecule has 54 valence electrons. The second-order valence-corrected chi connectivity index (χ2v) is 3.07. The third-order valence-electron chi connectivity index (χ3n) is 0.929. The van der Waals surface area contributed by atoms with Crippen LogP contribution < -0.4 is 5.73 Å². The fraction of sp³-hybridized carbons (Fsp3) is 0.714. The number of nitrogens with two attached hydrogens (primary N) is 1.